The maximum Gasteiger partial charge on any atom is 0.472 e. The number of carbonyl (C=O) groups is 3. The Bertz CT molecular complexity index is 2060. The number of esters is 3. The second-order valence-electron chi connectivity index (χ2n) is 22.6. The highest BCUT2D eigenvalue weighted by Crippen LogP contribution is 2.45. The van der Waals surface area contributed by atoms with E-state index in [1.54, 1.807) is 0 Å². The molecule has 0 aliphatic carbocycles. The average Bonchev–Trinajstić information content (AvgIpc) is 3.55. The zero-order valence-electron chi connectivity index (χ0n) is 55.3. The van der Waals surface area contributed by atoms with Crippen LogP contribution in [0, 0.1) is 0 Å². The number of hydrogen-bond donors (Lipinski definition) is 4. The van der Waals surface area contributed by atoms with Crippen molar-refractivity contribution >= 4 is 33.6 Å². The van der Waals surface area contributed by atoms with Crippen molar-refractivity contribution in [3.05, 3.63) is 109 Å². The van der Waals surface area contributed by atoms with Gasteiger partial charge in [-0.2, -0.15) is 0 Å². The van der Waals surface area contributed by atoms with Gasteiger partial charge in [0.2, 0.25) is 0 Å². The largest absolute Gasteiger partial charge is 0.472 e. The van der Waals surface area contributed by atoms with E-state index in [-0.39, 0.29) is 19.3 Å². The highest BCUT2D eigenvalue weighted by molar-refractivity contribution is 7.47. The summed E-state index contributed by atoms with van der Waals surface area (Å²) in [6.45, 7) is 2.46. The summed E-state index contributed by atoms with van der Waals surface area (Å²) in [4.78, 5) is 58.3. The summed E-state index contributed by atoms with van der Waals surface area (Å²) in [7, 11) is -9.79. The predicted octanol–water partition coefficient (Wildman–Crippen LogP) is 18.9. The SMILES string of the molecule is CC/C=C\C/C=C\C/C=C\C/C=C\C/C=C\CCCCCCCC(=O)OCC(O)COP(=O)(O)OCC(O)COP(=O)(O)OCC(COC(=O)CCCCCCCC/C=C\C/C=C\C/C=C\CCCCC)OC(=O)CCCCCCC/C=C\CCCCCC. The van der Waals surface area contributed by atoms with Crippen LogP contribution in [0.25, 0.3) is 0 Å². The molecule has 18 heteroatoms. The molecule has 4 N–H and O–H groups in total. The molecule has 0 amide bonds. The number of phosphoric ester groups is 2. The second-order valence-corrected chi connectivity index (χ2v) is 25.5. The first kappa shape index (κ1) is 85.2. The smallest absolute Gasteiger partial charge is 0.463 e. The van der Waals surface area contributed by atoms with Gasteiger partial charge in [0.05, 0.1) is 26.4 Å². The van der Waals surface area contributed by atoms with Gasteiger partial charge < -0.3 is 34.2 Å². The fourth-order valence-corrected chi connectivity index (χ4v) is 10.3. The third-order valence-corrected chi connectivity index (χ3v) is 15.9. The average molecular weight is 1290 g/mol. The van der Waals surface area contributed by atoms with E-state index < -0.39 is 91.5 Å². The third-order valence-electron chi connectivity index (χ3n) is 14.0. The van der Waals surface area contributed by atoms with Crippen LogP contribution in [0.5, 0.6) is 0 Å². The lowest BCUT2D eigenvalue weighted by Gasteiger charge is -2.21. The minimum Gasteiger partial charge on any atom is -0.463 e. The molecule has 0 spiro atoms. The maximum absolute atomic E-state index is 12.9. The highest BCUT2D eigenvalue weighted by atomic mass is 31.2. The monoisotopic (exact) mass is 1290 g/mol. The lowest BCUT2D eigenvalue weighted by Crippen LogP contribution is -2.30. The molecule has 5 atom stereocenters. The molecular weight excluding hydrogens is 1170 g/mol. The molecule has 0 aromatic carbocycles. The van der Waals surface area contributed by atoms with Crippen LogP contribution in [0.3, 0.4) is 0 Å². The first-order chi connectivity index (χ1) is 43.2. The molecule has 16 nitrogen and oxygen atoms in total. The molecule has 0 fully saturated rings. The van der Waals surface area contributed by atoms with E-state index in [9.17, 15) is 43.5 Å². The summed E-state index contributed by atoms with van der Waals surface area (Å²) in [5.74, 6) is -1.62. The molecule has 89 heavy (non-hydrogen) atoms. The van der Waals surface area contributed by atoms with E-state index in [1.807, 2.05) is 0 Å². The lowest BCUT2D eigenvalue weighted by atomic mass is 10.1. The number of phosphoric acid groups is 2. The van der Waals surface area contributed by atoms with Crippen LogP contribution in [0.2, 0.25) is 0 Å². The molecule has 0 radical (unpaired) electrons. The molecule has 0 aliphatic heterocycles. The molecule has 0 aromatic rings. The summed E-state index contributed by atoms with van der Waals surface area (Å²) in [6.07, 6.45) is 71.3. The van der Waals surface area contributed by atoms with E-state index >= 15 is 0 Å². The van der Waals surface area contributed by atoms with Gasteiger partial charge in [0.15, 0.2) is 6.10 Å². The van der Waals surface area contributed by atoms with Crippen LogP contribution in [-0.4, -0.2) is 95.9 Å². The Morgan fingerprint density at radius 1 is 0.326 bits per heavy atom. The third kappa shape index (κ3) is 65.5. The van der Waals surface area contributed by atoms with Crippen molar-refractivity contribution in [2.45, 2.75) is 283 Å². The number of ether oxygens (including phenoxy) is 3. The number of hydrogen-bond acceptors (Lipinski definition) is 14. The fourth-order valence-electron chi connectivity index (χ4n) is 8.71. The number of rotatable bonds is 64. The molecule has 512 valence electrons. The first-order valence-corrected chi connectivity index (χ1v) is 37.2. The van der Waals surface area contributed by atoms with Crippen LogP contribution < -0.4 is 0 Å². The Balaban J connectivity index is 4.66. The van der Waals surface area contributed by atoms with Crippen molar-refractivity contribution in [3.8, 4) is 0 Å². The Labute approximate surface area is 539 Å². The lowest BCUT2D eigenvalue weighted by molar-refractivity contribution is -0.161. The highest BCUT2D eigenvalue weighted by Gasteiger charge is 2.29. The maximum atomic E-state index is 12.9. The number of carbonyl (C=O) groups excluding carboxylic acids is 3. The molecule has 0 aromatic heterocycles. The van der Waals surface area contributed by atoms with Gasteiger partial charge >= 0.3 is 33.6 Å². The van der Waals surface area contributed by atoms with Crippen molar-refractivity contribution in [2.75, 3.05) is 39.6 Å². The fraction of sp³-hybridized carbons (Fsp3) is 0.704. The normalized spacial score (nSPS) is 14.9. The zero-order valence-corrected chi connectivity index (χ0v) is 57.1. The van der Waals surface area contributed by atoms with Crippen molar-refractivity contribution in [3.63, 3.8) is 0 Å². The Kier molecular flexibility index (Phi) is 61.6. The van der Waals surface area contributed by atoms with E-state index in [4.69, 9.17) is 32.3 Å². The number of aliphatic hydroxyl groups is 2. The van der Waals surface area contributed by atoms with Crippen molar-refractivity contribution in [1.29, 1.82) is 0 Å². The van der Waals surface area contributed by atoms with Gasteiger partial charge in [-0.25, -0.2) is 9.13 Å². The first-order valence-electron chi connectivity index (χ1n) is 34.2. The minimum atomic E-state index is -4.93. The molecule has 0 saturated heterocycles. The zero-order chi connectivity index (χ0) is 65.3. The molecular formula is C71H122O16P2. The van der Waals surface area contributed by atoms with Crippen LogP contribution in [0.15, 0.2) is 109 Å². The van der Waals surface area contributed by atoms with Gasteiger partial charge in [-0.15, -0.1) is 0 Å². The second kappa shape index (κ2) is 64.3. The van der Waals surface area contributed by atoms with E-state index in [1.165, 1.54) is 44.9 Å². The standard InChI is InChI=1S/C71H122O16P2/c1-4-7-10-13-16-19-22-25-27-29-31-32-34-36-37-40-42-45-48-51-54-57-69(74)81-60-66(72)61-83-88(77,78)84-62-67(73)63-85-89(79,80)86-65-68(87-71(76)59-56-53-50-47-44-39-24-21-18-15-12-9-6-3)64-82-70(75)58-55-52-49-46-43-41-38-35-33-30-28-26-23-20-17-14-11-8-5-2/h7,10,16-17,19-21,24-28,31-33,35-37,66-68,72-73H,4-6,8-9,11-15,18,22-23,29-30,34,38-65H2,1-3H3,(H,77,78)(H,79,80)/b10-7-,19-16-,20-17-,24-21-,27-25-,28-26-,32-31-,35-33-,37-36-. The topological polar surface area (TPSA) is 231 Å². The molecule has 0 aliphatic rings. The molecule has 0 bridgehead atoms. The quantitative estimate of drug-likeness (QED) is 0.0146. The minimum absolute atomic E-state index is 0.0897. The van der Waals surface area contributed by atoms with Crippen LogP contribution in [0.1, 0.15) is 265 Å². The number of aliphatic hydroxyl groups excluding tert-OH is 2. The molecule has 0 heterocycles. The summed E-state index contributed by atoms with van der Waals surface area (Å²) >= 11 is 0. The summed E-state index contributed by atoms with van der Waals surface area (Å²) in [5.41, 5.74) is 0. The van der Waals surface area contributed by atoms with E-state index in [0.29, 0.717) is 19.3 Å². The van der Waals surface area contributed by atoms with Crippen molar-refractivity contribution in [2.24, 2.45) is 0 Å². The van der Waals surface area contributed by atoms with Gasteiger partial charge in [-0.1, -0.05) is 226 Å². The Morgan fingerprint density at radius 2 is 0.596 bits per heavy atom. The van der Waals surface area contributed by atoms with E-state index in [0.717, 1.165) is 161 Å². The van der Waals surface area contributed by atoms with Crippen LogP contribution >= 0.6 is 15.6 Å². The summed E-state index contributed by atoms with van der Waals surface area (Å²) < 4.78 is 60.8. The van der Waals surface area contributed by atoms with Crippen LogP contribution in [-0.2, 0) is 55.8 Å². The Hall–Kier alpha value is -3.79. The van der Waals surface area contributed by atoms with E-state index in [2.05, 4.69) is 130 Å². The van der Waals surface area contributed by atoms with Crippen LogP contribution in [0.4, 0.5) is 0 Å². The summed E-state index contributed by atoms with van der Waals surface area (Å²) in [5, 5.41) is 20.5. The molecule has 5 unspecified atom stereocenters. The van der Waals surface area contributed by atoms with Gasteiger partial charge in [0, 0.05) is 19.3 Å². The number of unbranched alkanes of at least 4 members (excludes halogenated alkanes) is 23. The molecule has 0 saturated carbocycles. The van der Waals surface area contributed by atoms with Crippen molar-refractivity contribution in [1.82, 2.24) is 0 Å². The van der Waals surface area contributed by atoms with Gasteiger partial charge in [-0.3, -0.25) is 32.5 Å². The Morgan fingerprint density at radius 3 is 0.978 bits per heavy atom. The van der Waals surface area contributed by atoms with Gasteiger partial charge in [0.25, 0.3) is 0 Å². The summed E-state index contributed by atoms with van der Waals surface area (Å²) in [6, 6.07) is 0. The molecule has 0 rings (SSSR count). The number of allylic oxidation sites excluding steroid dienone is 18. The predicted molar refractivity (Wildman–Crippen MR) is 362 cm³/mol. The van der Waals surface area contributed by atoms with Gasteiger partial charge in [0.1, 0.15) is 25.4 Å². The van der Waals surface area contributed by atoms with Gasteiger partial charge in [-0.05, 0) is 128 Å². The van der Waals surface area contributed by atoms with Crippen molar-refractivity contribution < 1.29 is 75.8 Å².